The van der Waals surface area contributed by atoms with E-state index in [9.17, 15) is 9.90 Å². The molecule has 1 amide bonds. The van der Waals surface area contributed by atoms with Crippen LogP contribution in [-0.4, -0.2) is 65.7 Å². The van der Waals surface area contributed by atoms with Gasteiger partial charge in [0.2, 0.25) is 0 Å². The van der Waals surface area contributed by atoms with Crippen LogP contribution in [-0.2, 0) is 4.79 Å². The molecule has 1 N–H and O–H groups in total. The van der Waals surface area contributed by atoms with Gasteiger partial charge in [0, 0.05) is 33.2 Å². The van der Waals surface area contributed by atoms with E-state index in [0.717, 1.165) is 42.9 Å². The van der Waals surface area contributed by atoms with Gasteiger partial charge in [-0.3, -0.25) is 9.69 Å². The number of aryl methyl sites for hydroxylation is 2. The topological polar surface area (TPSA) is 53.0 Å². The lowest BCUT2D eigenvalue weighted by Crippen LogP contribution is -2.63. The first kappa shape index (κ1) is 16.3. The summed E-state index contributed by atoms with van der Waals surface area (Å²) in [6.45, 7) is 6.76. The lowest BCUT2D eigenvalue weighted by Gasteiger charge is -2.45. The molecule has 0 unspecified atom stereocenters. The van der Waals surface area contributed by atoms with Crippen LogP contribution in [0.3, 0.4) is 0 Å². The van der Waals surface area contributed by atoms with E-state index in [1.807, 2.05) is 6.07 Å². The molecule has 23 heavy (non-hydrogen) atoms. The van der Waals surface area contributed by atoms with Crippen LogP contribution >= 0.6 is 0 Å². The molecule has 2 heterocycles. The summed E-state index contributed by atoms with van der Waals surface area (Å²) < 4.78 is 6.09. The Hall–Kier alpha value is -1.59. The summed E-state index contributed by atoms with van der Waals surface area (Å²) in [4.78, 5) is 15.9. The number of para-hydroxylation sites is 1. The number of aliphatic hydroxyl groups is 1. The molecule has 5 nitrogen and oxygen atoms in total. The minimum atomic E-state index is -1.23. The third-order valence-corrected chi connectivity index (χ3v) is 4.93. The Balaban J connectivity index is 1.54. The molecule has 3 rings (SSSR count). The van der Waals surface area contributed by atoms with Crippen LogP contribution in [0.15, 0.2) is 18.2 Å². The number of carbonyl (C=O) groups excluding carboxylic acids is 1. The van der Waals surface area contributed by atoms with Crippen molar-refractivity contribution in [1.29, 1.82) is 0 Å². The van der Waals surface area contributed by atoms with Crippen LogP contribution in [0.2, 0.25) is 0 Å². The molecule has 2 fully saturated rings. The molecule has 1 atom stereocenters. The summed E-state index contributed by atoms with van der Waals surface area (Å²) in [7, 11) is 1.76. The van der Waals surface area contributed by atoms with E-state index in [1.165, 1.54) is 0 Å². The number of piperidine rings is 1. The van der Waals surface area contributed by atoms with Gasteiger partial charge in [-0.1, -0.05) is 18.2 Å². The van der Waals surface area contributed by atoms with Crippen LogP contribution in [0, 0.1) is 13.8 Å². The van der Waals surface area contributed by atoms with Crippen molar-refractivity contribution in [3.05, 3.63) is 29.3 Å². The SMILES string of the molecule is Cc1cccc(C)c1OC1CN(C[C@]2(O)CCCN(C)C2=O)C1. The molecule has 0 aliphatic carbocycles. The van der Waals surface area contributed by atoms with E-state index in [0.29, 0.717) is 13.0 Å². The molecule has 1 aromatic carbocycles. The van der Waals surface area contributed by atoms with Gasteiger partial charge < -0.3 is 14.7 Å². The van der Waals surface area contributed by atoms with Gasteiger partial charge in [0.05, 0.1) is 0 Å². The fraction of sp³-hybridized carbons (Fsp3) is 0.611. The first-order chi connectivity index (χ1) is 10.9. The molecule has 0 spiro atoms. The Morgan fingerprint density at radius 1 is 1.30 bits per heavy atom. The Morgan fingerprint density at radius 3 is 2.61 bits per heavy atom. The quantitative estimate of drug-likeness (QED) is 0.910. The Bertz CT molecular complexity index is 578. The molecule has 126 valence electrons. The van der Waals surface area contributed by atoms with Crippen molar-refractivity contribution in [2.24, 2.45) is 0 Å². The number of rotatable bonds is 4. The Labute approximate surface area is 137 Å². The highest BCUT2D eigenvalue weighted by atomic mass is 16.5. The van der Waals surface area contributed by atoms with Gasteiger partial charge in [0.25, 0.3) is 5.91 Å². The highest BCUT2D eigenvalue weighted by Gasteiger charge is 2.44. The normalized spacial score (nSPS) is 26.3. The summed E-state index contributed by atoms with van der Waals surface area (Å²) in [5.74, 6) is 0.812. The van der Waals surface area contributed by atoms with Crippen molar-refractivity contribution >= 4 is 5.91 Å². The molecule has 2 saturated heterocycles. The van der Waals surface area contributed by atoms with Crippen molar-refractivity contribution < 1.29 is 14.6 Å². The number of likely N-dealkylation sites (tertiary alicyclic amines) is 2. The van der Waals surface area contributed by atoms with Crippen molar-refractivity contribution in [1.82, 2.24) is 9.80 Å². The molecule has 0 aromatic heterocycles. The third kappa shape index (κ3) is 3.21. The van der Waals surface area contributed by atoms with Crippen molar-refractivity contribution in [2.45, 2.75) is 38.4 Å². The molecular weight excluding hydrogens is 292 g/mol. The van der Waals surface area contributed by atoms with Crippen LogP contribution in [0.5, 0.6) is 5.75 Å². The second-order valence-corrected chi connectivity index (χ2v) is 7.02. The lowest BCUT2D eigenvalue weighted by molar-refractivity contribution is -0.160. The Kier molecular flexibility index (Phi) is 4.34. The molecule has 1 aromatic rings. The van der Waals surface area contributed by atoms with Crippen molar-refractivity contribution in [2.75, 3.05) is 33.2 Å². The zero-order valence-electron chi connectivity index (χ0n) is 14.2. The number of amides is 1. The molecule has 0 radical (unpaired) electrons. The highest BCUT2D eigenvalue weighted by Crippen LogP contribution is 2.28. The number of ether oxygens (including phenoxy) is 1. The van der Waals surface area contributed by atoms with Gasteiger partial charge in [0.1, 0.15) is 11.9 Å². The van der Waals surface area contributed by atoms with Gasteiger partial charge in [0.15, 0.2) is 5.60 Å². The van der Waals surface area contributed by atoms with Gasteiger partial charge >= 0.3 is 0 Å². The summed E-state index contributed by atoms with van der Waals surface area (Å²) in [5, 5.41) is 10.6. The van der Waals surface area contributed by atoms with E-state index in [4.69, 9.17) is 4.74 Å². The minimum Gasteiger partial charge on any atom is -0.487 e. The summed E-state index contributed by atoms with van der Waals surface area (Å²) in [6, 6.07) is 6.14. The molecular formula is C18H26N2O3. The first-order valence-electron chi connectivity index (χ1n) is 8.32. The smallest absolute Gasteiger partial charge is 0.255 e. The van der Waals surface area contributed by atoms with E-state index in [2.05, 4.69) is 30.9 Å². The van der Waals surface area contributed by atoms with Crippen LogP contribution < -0.4 is 4.74 Å². The van der Waals surface area contributed by atoms with E-state index in [1.54, 1.807) is 11.9 Å². The number of likely N-dealkylation sites (N-methyl/N-ethyl adjacent to an activating group) is 1. The van der Waals surface area contributed by atoms with Crippen LogP contribution in [0.4, 0.5) is 0 Å². The average Bonchev–Trinajstić information content (AvgIpc) is 2.46. The average molecular weight is 318 g/mol. The second kappa shape index (κ2) is 6.13. The summed E-state index contributed by atoms with van der Waals surface area (Å²) >= 11 is 0. The van der Waals surface area contributed by atoms with E-state index >= 15 is 0 Å². The summed E-state index contributed by atoms with van der Waals surface area (Å²) in [6.07, 6.45) is 1.54. The molecule has 0 saturated carbocycles. The fourth-order valence-corrected chi connectivity index (χ4v) is 3.57. The van der Waals surface area contributed by atoms with Gasteiger partial charge in [-0.15, -0.1) is 0 Å². The monoisotopic (exact) mass is 318 g/mol. The van der Waals surface area contributed by atoms with Crippen LogP contribution in [0.25, 0.3) is 0 Å². The number of carbonyl (C=O) groups is 1. The number of benzene rings is 1. The number of hydrogen-bond donors (Lipinski definition) is 1. The fourth-order valence-electron chi connectivity index (χ4n) is 3.57. The van der Waals surface area contributed by atoms with E-state index in [-0.39, 0.29) is 12.0 Å². The zero-order chi connectivity index (χ0) is 16.6. The lowest BCUT2D eigenvalue weighted by atomic mass is 9.90. The summed E-state index contributed by atoms with van der Waals surface area (Å²) in [5.41, 5.74) is 1.06. The van der Waals surface area contributed by atoms with Gasteiger partial charge in [-0.05, 0) is 37.8 Å². The number of hydrogen-bond acceptors (Lipinski definition) is 4. The predicted octanol–water partition coefficient (Wildman–Crippen LogP) is 1.35. The maximum atomic E-state index is 12.2. The number of nitrogens with zero attached hydrogens (tertiary/aromatic N) is 2. The molecule has 5 heteroatoms. The second-order valence-electron chi connectivity index (χ2n) is 7.02. The minimum absolute atomic E-state index is 0.134. The largest absolute Gasteiger partial charge is 0.487 e. The molecule has 2 aliphatic rings. The van der Waals surface area contributed by atoms with Crippen LogP contribution in [0.1, 0.15) is 24.0 Å². The zero-order valence-corrected chi connectivity index (χ0v) is 14.2. The first-order valence-corrected chi connectivity index (χ1v) is 8.32. The number of β-amino-alcohol motifs (C(OH)–C–C–N with tert-alkyl or cyclic N) is 1. The van der Waals surface area contributed by atoms with Crippen molar-refractivity contribution in [3.63, 3.8) is 0 Å². The predicted molar refractivity (Wildman–Crippen MR) is 88.6 cm³/mol. The maximum Gasteiger partial charge on any atom is 0.255 e. The van der Waals surface area contributed by atoms with Crippen molar-refractivity contribution in [3.8, 4) is 5.75 Å². The van der Waals surface area contributed by atoms with Gasteiger partial charge in [-0.25, -0.2) is 0 Å². The molecule has 0 bridgehead atoms. The highest BCUT2D eigenvalue weighted by molar-refractivity contribution is 5.85. The molecule has 2 aliphatic heterocycles. The standard InChI is InChI=1S/C18H26N2O3/c1-13-6-4-7-14(2)16(13)23-15-10-20(11-15)12-18(22)8-5-9-19(3)17(18)21/h4,6-7,15,22H,5,8-12H2,1-3H3/t18-/m1/s1. The Morgan fingerprint density at radius 2 is 1.96 bits per heavy atom. The third-order valence-electron chi connectivity index (χ3n) is 4.93. The van der Waals surface area contributed by atoms with Gasteiger partial charge in [-0.2, -0.15) is 0 Å². The van der Waals surface area contributed by atoms with E-state index < -0.39 is 5.60 Å². The maximum absolute atomic E-state index is 12.2.